The van der Waals surface area contributed by atoms with Crippen molar-refractivity contribution in [2.45, 2.75) is 20.0 Å². The lowest BCUT2D eigenvalue weighted by atomic mass is 10.2. The number of hydrogen-bond donors (Lipinski definition) is 0. The first-order chi connectivity index (χ1) is 16.4. The molecule has 1 aromatic heterocycles. The molecule has 3 aromatic carbocycles. The molecule has 0 saturated heterocycles. The second-order valence-electron chi connectivity index (χ2n) is 7.35. The zero-order valence-corrected chi connectivity index (χ0v) is 23.7. The fraction of sp³-hybridized carbons (Fsp3) is 0.160. The number of nitrogens with zero attached hydrogens (tertiary/aromatic N) is 3. The summed E-state index contributed by atoms with van der Waals surface area (Å²) in [5, 5.41) is 4.98. The van der Waals surface area contributed by atoms with Crippen LogP contribution < -0.4 is 15.0 Å². The minimum atomic E-state index is -0.212. The Labute approximate surface area is 227 Å². The highest BCUT2D eigenvalue weighted by Gasteiger charge is 2.13. The van der Waals surface area contributed by atoms with E-state index in [0.717, 1.165) is 23.6 Å². The van der Waals surface area contributed by atoms with Crippen molar-refractivity contribution in [3.05, 3.63) is 94.4 Å². The van der Waals surface area contributed by atoms with Crippen LogP contribution in [0.1, 0.15) is 23.9 Å². The summed E-state index contributed by atoms with van der Waals surface area (Å²) in [6.07, 6.45) is 2.21. The van der Waals surface area contributed by atoms with Crippen molar-refractivity contribution in [2.24, 2.45) is 5.10 Å². The monoisotopic (exact) mass is 695 g/mol. The highest BCUT2D eigenvalue weighted by molar-refractivity contribution is 14.1. The largest absolute Gasteiger partial charge is 0.493 e. The SMILES string of the molecule is CCc1nc2ccc(Br)cc2c(=O)n1N=Cc1cc(I)c(OCc2ccc(Br)cc2)c(OC)c1. The van der Waals surface area contributed by atoms with Gasteiger partial charge in [-0.2, -0.15) is 9.78 Å². The molecule has 0 radical (unpaired) electrons. The van der Waals surface area contributed by atoms with Gasteiger partial charge in [0.15, 0.2) is 11.5 Å². The van der Waals surface area contributed by atoms with Crippen LogP contribution in [-0.2, 0) is 13.0 Å². The van der Waals surface area contributed by atoms with Crippen molar-refractivity contribution in [3.63, 3.8) is 0 Å². The minimum absolute atomic E-state index is 0.212. The van der Waals surface area contributed by atoms with Crippen molar-refractivity contribution in [1.82, 2.24) is 9.66 Å². The predicted octanol–water partition coefficient (Wildman–Crippen LogP) is 6.56. The number of fused-ring (bicyclic) bond motifs is 1. The first-order valence-corrected chi connectivity index (χ1v) is 13.1. The molecule has 0 unspecified atom stereocenters. The third-order valence-electron chi connectivity index (χ3n) is 5.06. The van der Waals surface area contributed by atoms with Gasteiger partial charge in [0.05, 0.1) is 27.8 Å². The second kappa shape index (κ2) is 11.0. The van der Waals surface area contributed by atoms with Gasteiger partial charge in [-0.05, 0) is 76.2 Å². The van der Waals surface area contributed by atoms with Crippen molar-refractivity contribution >= 4 is 71.6 Å². The Hall–Kier alpha value is -2.24. The molecule has 6 nitrogen and oxygen atoms in total. The fourth-order valence-electron chi connectivity index (χ4n) is 3.36. The molecule has 0 aliphatic heterocycles. The van der Waals surface area contributed by atoms with Gasteiger partial charge in [0.1, 0.15) is 12.4 Å². The zero-order chi connectivity index (χ0) is 24.2. The van der Waals surface area contributed by atoms with E-state index in [1.165, 1.54) is 4.68 Å². The average molecular weight is 697 g/mol. The van der Waals surface area contributed by atoms with Gasteiger partial charge in [-0.25, -0.2) is 4.98 Å². The highest BCUT2D eigenvalue weighted by atomic mass is 127. The van der Waals surface area contributed by atoms with Gasteiger partial charge in [-0.1, -0.05) is 50.9 Å². The molecule has 0 N–H and O–H groups in total. The lowest BCUT2D eigenvalue weighted by Crippen LogP contribution is -2.22. The molecule has 0 spiro atoms. The molecule has 34 heavy (non-hydrogen) atoms. The van der Waals surface area contributed by atoms with E-state index in [9.17, 15) is 4.79 Å². The molecule has 0 saturated carbocycles. The van der Waals surface area contributed by atoms with Crippen LogP contribution in [0.4, 0.5) is 0 Å². The van der Waals surface area contributed by atoms with Crippen LogP contribution in [0.5, 0.6) is 11.5 Å². The van der Waals surface area contributed by atoms with Crippen LogP contribution in [0, 0.1) is 3.57 Å². The Morgan fingerprint density at radius 2 is 1.82 bits per heavy atom. The summed E-state index contributed by atoms with van der Waals surface area (Å²) in [6, 6.07) is 17.2. The third kappa shape index (κ3) is 5.52. The molecule has 174 valence electrons. The van der Waals surface area contributed by atoms with Crippen molar-refractivity contribution in [1.29, 1.82) is 0 Å². The number of ether oxygens (including phenoxy) is 2. The van der Waals surface area contributed by atoms with Crippen LogP contribution in [0.15, 0.2) is 73.4 Å². The Kier molecular flexibility index (Phi) is 8.05. The fourth-order valence-corrected chi connectivity index (χ4v) is 4.76. The molecule has 0 fully saturated rings. The third-order valence-corrected chi connectivity index (χ3v) is 6.89. The van der Waals surface area contributed by atoms with Gasteiger partial charge in [0.25, 0.3) is 5.56 Å². The Bertz CT molecular complexity index is 1440. The van der Waals surface area contributed by atoms with Crippen molar-refractivity contribution < 1.29 is 9.47 Å². The van der Waals surface area contributed by atoms with Crippen LogP contribution in [0.25, 0.3) is 10.9 Å². The average Bonchev–Trinajstić information content (AvgIpc) is 2.83. The lowest BCUT2D eigenvalue weighted by molar-refractivity contribution is 0.282. The van der Waals surface area contributed by atoms with Crippen LogP contribution in [-0.4, -0.2) is 23.0 Å². The first-order valence-electron chi connectivity index (χ1n) is 10.4. The number of benzene rings is 3. The normalized spacial score (nSPS) is 11.3. The smallest absolute Gasteiger partial charge is 0.282 e. The molecule has 1 heterocycles. The first kappa shape index (κ1) is 24.9. The molecule has 0 aliphatic carbocycles. The zero-order valence-electron chi connectivity index (χ0n) is 18.4. The van der Waals surface area contributed by atoms with E-state index < -0.39 is 0 Å². The minimum Gasteiger partial charge on any atom is -0.493 e. The Balaban J connectivity index is 1.65. The summed E-state index contributed by atoms with van der Waals surface area (Å²) in [5.74, 6) is 1.84. The van der Waals surface area contributed by atoms with E-state index in [2.05, 4.69) is 64.5 Å². The molecule has 0 amide bonds. The van der Waals surface area contributed by atoms with Gasteiger partial charge in [-0.3, -0.25) is 4.79 Å². The summed E-state index contributed by atoms with van der Waals surface area (Å²) < 4.78 is 15.7. The van der Waals surface area contributed by atoms with E-state index >= 15 is 0 Å². The lowest BCUT2D eigenvalue weighted by Gasteiger charge is -2.14. The molecule has 0 bridgehead atoms. The second-order valence-corrected chi connectivity index (χ2v) is 10.3. The number of aryl methyl sites for hydroxylation is 1. The molecule has 4 rings (SSSR count). The molecule has 4 aromatic rings. The summed E-state index contributed by atoms with van der Waals surface area (Å²) >= 11 is 9.08. The Morgan fingerprint density at radius 3 is 2.53 bits per heavy atom. The van der Waals surface area contributed by atoms with Crippen LogP contribution in [0.2, 0.25) is 0 Å². The maximum atomic E-state index is 13.1. The standard InChI is InChI=1S/C25H20Br2IN3O3/c1-3-23-30-21-9-8-18(27)12-19(21)25(32)31(23)29-13-16-10-20(28)24(22(11-16)33-2)34-14-15-4-6-17(26)7-5-15/h4-13H,3,14H2,1-2H3. The molecule has 0 aliphatic rings. The van der Waals surface area contributed by atoms with Crippen molar-refractivity contribution in [2.75, 3.05) is 7.11 Å². The van der Waals surface area contributed by atoms with Gasteiger partial charge >= 0.3 is 0 Å². The topological polar surface area (TPSA) is 65.7 Å². The van der Waals surface area contributed by atoms with E-state index in [1.807, 2.05) is 55.5 Å². The van der Waals surface area contributed by atoms with E-state index in [1.54, 1.807) is 19.4 Å². The quantitative estimate of drug-likeness (QED) is 0.162. The molecule has 9 heteroatoms. The van der Waals surface area contributed by atoms with E-state index in [0.29, 0.717) is 41.3 Å². The summed E-state index contributed by atoms with van der Waals surface area (Å²) in [4.78, 5) is 17.7. The van der Waals surface area contributed by atoms with Gasteiger partial charge in [0.2, 0.25) is 0 Å². The number of aromatic nitrogens is 2. The maximum Gasteiger partial charge on any atom is 0.282 e. The van der Waals surface area contributed by atoms with Crippen LogP contribution in [0.3, 0.4) is 0 Å². The molecular weight excluding hydrogens is 677 g/mol. The maximum absolute atomic E-state index is 13.1. The van der Waals surface area contributed by atoms with Gasteiger partial charge in [-0.15, -0.1) is 0 Å². The molecule has 0 atom stereocenters. The predicted molar refractivity (Wildman–Crippen MR) is 150 cm³/mol. The molecular formula is C25H20Br2IN3O3. The van der Waals surface area contributed by atoms with Crippen LogP contribution >= 0.6 is 54.5 Å². The Morgan fingerprint density at radius 1 is 1.09 bits per heavy atom. The summed E-state index contributed by atoms with van der Waals surface area (Å²) in [7, 11) is 1.60. The van der Waals surface area contributed by atoms with E-state index in [-0.39, 0.29) is 5.56 Å². The van der Waals surface area contributed by atoms with Gasteiger partial charge in [0, 0.05) is 15.4 Å². The summed E-state index contributed by atoms with van der Waals surface area (Å²) in [5.41, 5.74) is 2.27. The van der Waals surface area contributed by atoms with E-state index in [4.69, 9.17) is 9.47 Å². The van der Waals surface area contributed by atoms with Gasteiger partial charge < -0.3 is 9.47 Å². The number of methoxy groups -OCH3 is 1. The number of hydrogen-bond acceptors (Lipinski definition) is 5. The highest BCUT2D eigenvalue weighted by Crippen LogP contribution is 2.34. The number of halogens is 3. The summed E-state index contributed by atoms with van der Waals surface area (Å²) in [6.45, 7) is 2.36. The number of rotatable bonds is 7. The van der Waals surface area contributed by atoms with Crippen molar-refractivity contribution in [3.8, 4) is 11.5 Å².